The van der Waals surface area contributed by atoms with Gasteiger partial charge in [-0.3, -0.25) is 0 Å². The van der Waals surface area contributed by atoms with Crippen molar-refractivity contribution in [1.29, 1.82) is 5.26 Å². The zero-order valence-electron chi connectivity index (χ0n) is 10.7. The van der Waals surface area contributed by atoms with Crippen LogP contribution < -0.4 is 0 Å². The number of aryl methyl sites for hydroxylation is 1. The summed E-state index contributed by atoms with van der Waals surface area (Å²) in [7, 11) is 0. The average molecular weight is 262 g/mol. The Morgan fingerprint density at radius 1 is 1.33 bits per heavy atom. The summed E-state index contributed by atoms with van der Waals surface area (Å²) in [4.78, 5) is 5.89. The molecule has 3 nitrogen and oxygen atoms in total. The Kier molecular flexibility index (Phi) is 3.13. The van der Waals surface area contributed by atoms with Gasteiger partial charge in [0, 0.05) is 5.92 Å². The second kappa shape index (κ2) is 4.64. The number of thiazole rings is 1. The fourth-order valence-corrected chi connectivity index (χ4v) is 4.28. The number of nitrogens with zero attached hydrogens (tertiary/aromatic N) is 2. The first-order chi connectivity index (χ1) is 8.75. The minimum Gasteiger partial charge on any atom is -0.377 e. The molecule has 0 aromatic carbocycles. The maximum atomic E-state index is 9.38. The third kappa shape index (κ3) is 1.86. The van der Waals surface area contributed by atoms with E-state index in [1.54, 1.807) is 11.3 Å². The molecule has 1 aromatic rings. The molecule has 0 amide bonds. The van der Waals surface area contributed by atoms with Crippen molar-refractivity contribution in [3.05, 3.63) is 15.6 Å². The Labute approximate surface area is 112 Å². The van der Waals surface area contributed by atoms with Gasteiger partial charge in [-0.1, -0.05) is 19.3 Å². The van der Waals surface area contributed by atoms with E-state index >= 15 is 0 Å². The van der Waals surface area contributed by atoms with E-state index < -0.39 is 5.41 Å². The Morgan fingerprint density at radius 2 is 2.06 bits per heavy atom. The quantitative estimate of drug-likeness (QED) is 0.821. The molecule has 4 heteroatoms. The third-order valence-corrected chi connectivity index (χ3v) is 5.64. The van der Waals surface area contributed by atoms with E-state index in [9.17, 15) is 5.26 Å². The molecule has 0 bridgehead atoms. The highest BCUT2D eigenvalue weighted by Gasteiger charge is 2.44. The SMILES string of the molecule is Cc1nc(C2CCCCC2)sc1C1(C#N)COC1. The predicted molar refractivity (Wildman–Crippen MR) is 70.8 cm³/mol. The van der Waals surface area contributed by atoms with Gasteiger partial charge in [0.15, 0.2) is 0 Å². The molecular formula is C14H18N2OS. The van der Waals surface area contributed by atoms with Crippen LogP contribution in [0.4, 0.5) is 0 Å². The van der Waals surface area contributed by atoms with Crippen molar-refractivity contribution in [2.45, 2.75) is 50.4 Å². The first-order valence-corrected chi connectivity index (χ1v) is 7.54. The highest BCUT2D eigenvalue weighted by Crippen LogP contribution is 2.42. The molecule has 2 heterocycles. The van der Waals surface area contributed by atoms with Crippen LogP contribution in [-0.2, 0) is 10.2 Å². The predicted octanol–water partition coefficient (Wildman–Crippen LogP) is 3.29. The topological polar surface area (TPSA) is 45.9 Å². The number of hydrogen-bond donors (Lipinski definition) is 0. The molecule has 0 N–H and O–H groups in total. The van der Waals surface area contributed by atoms with Crippen molar-refractivity contribution >= 4 is 11.3 Å². The van der Waals surface area contributed by atoms with Crippen LogP contribution >= 0.6 is 11.3 Å². The highest BCUT2D eigenvalue weighted by atomic mass is 32.1. The van der Waals surface area contributed by atoms with E-state index in [4.69, 9.17) is 9.72 Å². The van der Waals surface area contributed by atoms with Gasteiger partial charge >= 0.3 is 0 Å². The Balaban J connectivity index is 1.88. The summed E-state index contributed by atoms with van der Waals surface area (Å²) < 4.78 is 5.25. The smallest absolute Gasteiger partial charge is 0.140 e. The molecule has 96 valence electrons. The van der Waals surface area contributed by atoms with Crippen molar-refractivity contribution in [1.82, 2.24) is 4.98 Å². The summed E-state index contributed by atoms with van der Waals surface area (Å²) in [6, 6.07) is 2.43. The van der Waals surface area contributed by atoms with E-state index in [1.165, 1.54) is 37.1 Å². The molecule has 2 aliphatic rings. The molecule has 1 aliphatic carbocycles. The van der Waals surface area contributed by atoms with Gasteiger partial charge in [-0.2, -0.15) is 5.26 Å². The summed E-state index contributed by atoms with van der Waals surface area (Å²) in [6.07, 6.45) is 6.55. The molecule has 0 unspecified atom stereocenters. The van der Waals surface area contributed by atoms with Crippen LogP contribution in [0.5, 0.6) is 0 Å². The number of ether oxygens (including phenoxy) is 1. The fraction of sp³-hybridized carbons (Fsp3) is 0.714. The van der Waals surface area contributed by atoms with Gasteiger partial charge in [0.25, 0.3) is 0 Å². The summed E-state index contributed by atoms with van der Waals surface area (Å²) in [5.41, 5.74) is 0.653. The Morgan fingerprint density at radius 3 is 2.61 bits per heavy atom. The van der Waals surface area contributed by atoms with Crippen LogP contribution in [-0.4, -0.2) is 18.2 Å². The molecule has 1 saturated carbocycles. The van der Waals surface area contributed by atoms with Gasteiger partial charge < -0.3 is 4.74 Å². The summed E-state index contributed by atoms with van der Waals surface area (Å²) in [5.74, 6) is 0.632. The maximum Gasteiger partial charge on any atom is 0.140 e. The van der Waals surface area contributed by atoms with Crippen LogP contribution in [0.1, 0.15) is 53.6 Å². The molecule has 3 rings (SSSR count). The number of nitriles is 1. The number of hydrogen-bond acceptors (Lipinski definition) is 4. The highest BCUT2D eigenvalue weighted by molar-refractivity contribution is 7.12. The van der Waals surface area contributed by atoms with Gasteiger partial charge in [0.05, 0.1) is 34.9 Å². The van der Waals surface area contributed by atoms with Crippen molar-refractivity contribution in [3.8, 4) is 6.07 Å². The lowest BCUT2D eigenvalue weighted by Gasteiger charge is -2.34. The van der Waals surface area contributed by atoms with Crippen molar-refractivity contribution in [3.63, 3.8) is 0 Å². The van der Waals surface area contributed by atoms with E-state index in [1.807, 2.05) is 6.92 Å². The molecule has 0 spiro atoms. The van der Waals surface area contributed by atoms with Crippen LogP contribution in [0.2, 0.25) is 0 Å². The zero-order chi connectivity index (χ0) is 12.6. The lowest BCUT2D eigenvalue weighted by molar-refractivity contribution is -0.0284. The molecule has 1 aliphatic heterocycles. The maximum absolute atomic E-state index is 9.38. The Bertz CT molecular complexity index is 478. The van der Waals surface area contributed by atoms with Gasteiger partial charge in [0.1, 0.15) is 5.41 Å². The minimum absolute atomic E-state index is 0.394. The fourth-order valence-electron chi connectivity index (χ4n) is 2.94. The molecule has 2 fully saturated rings. The first kappa shape index (κ1) is 12.1. The third-order valence-electron chi connectivity index (χ3n) is 4.11. The molecule has 1 aromatic heterocycles. The lowest BCUT2D eigenvalue weighted by Crippen LogP contribution is -2.45. The number of aromatic nitrogens is 1. The minimum atomic E-state index is -0.394. The van der Waals surface area contributed by atoms with Crippen molar-refractivity contribution in [2.24, 2.45) is 0 Å². The van der Waals surface area contributed by atoms with Crippen LogP contribution in [0, 0.1) is 18.3 Å². The second-order valence-corrected chi connectivity index (χ2v) is 6.52. The zero-order valence-corrected chi connectivity index (χ0v) is 11.6. The molecule has 18 heavy (non-hydrogen) atoms. The molecule has 0 atom stereocenters. The average Bonchev–Trinajstić information content (AvgIpc) is 2.73. The van der Waals surface area contributed by atoms with Gasteiger partial charge in [0.2, 0.25) is 0 Å². The van der Waals surface area contributed by atoms with Crippen LogP contribution in [0.25, 0.3) is 0 Å². The van der Waals surface area contributed by atoms with Gasteiger partial charge in [-0.15, -0.1) is 11.3 Å². The number of rotatable bonds is 2. The van der Waals surface area contributed by atoms with Crippen molar-refractivity contribution in [2.75, 3.05) is 13.2 Å². The monoisotopic (exact) mass is 262 g/mol. The van der Waals surface area contributed by atoms with Crippen molar-refractivity contribution < 1.29 is 4.74 Å². The molecular weight excluding hydrogens is 244 g/mol. The van der Waals surface area contributed by atoms with Crippen LogP contribution in [0.15, 0.2) is 0 Å². The lowest BCUT2D eigenvalue weighted by atomic mass is 9.85. The Hall–Kier alpha value is -0.920. The van der Waals surface area contributed by atoms with E-state index in [0.717, 1.165) is 10.6 Å². The summed E-state index contributed by atoms with van der Waals surface area (Å²) in [6.45, 7) is 3.11. The van der Waals surface area contributed by atoms with E-state index in [2.05, 4.69) is 6.07 Å². The molecule has 1 saturated heterocycles. The van der Waals surface area contributed by atoms with Gasteiger partial charge in [-0.25, -0.2) is 4.98 Å². The standard InChI is InChI=1S/C14H18N2OS/c1-10-12(14(7-15)8-17-9-14)18-13(16-10)11-5-3-2-4-6-11/h11H,2-6,8-9H2,1H3. The molecule has 0 radical (unpaired) electrons. The van der Waals surface area contributed by atoms with E-state index in [0.29, 0.717) is 19.1 Å². The summed E-state index contributed by atoms with van der Waals surface area (Å²) >= 11 is 1.76. The first-order valence-electron chi connectivity index (χ1n) is 6.72. The normalized spacial score (nSPS) is 23.3. The van der Waals surface area contributed by atoms with Crippen LogP contribution in [0.3, 0.4) is 0 Å². The summed E-state index contributed by atoms with van der Waals surface area (Å²) in [5, 5.41) is 10.6. The second-order valence-electron chi connectivity index (χ2n) is 5.49. The largest absolute Gasteiger partial charge is 0.377 e. The van der Waals surface area contributed by atoms with E-state index in [-0.39, 0.29) is 0 Å². The van der Waals surface area contributed by atoms with Gasteiger partial charge in [-0.05, 0) is 19.8 Å².